The fraction of sp³-hybridized carbons (Fsp3) is 0.111. The van der Waals surface area contributed by atoms with Gasteiger partial charge in [-0.3, -0.25) is 0 Å². The summed E-state index contributed by atoms with van der Waals surface area (Å²) in [5, 5.41) is 0.845. The van der Waals surface area contributed by atoms with Crippen molar-refractivity contribution < 1.29 is 22.6 Å². The minimum Gasteiger partial charge on any atom is -0.497 e. The zero-order valence-electron chi connectivity index (χ0n) is 12.2. The highest BCUT2D eigenvalue weighted by Crippen LogP contribution is 2.31. The number of alkyl halides is 2. The van der Waals surface area contributed by atoms with E-state index in [0.717, 1.165) is 16.9 Å². The van der Waals surface area contributed by atoms with Gasteiger partial charge in [-0.2, -0.15) is 8.78 Å². The molecule has 0 saturated heterocycles. The number of hydrogen-bond acceptors (Lipinski definition) is 2. The highest BCUT2D eigenvalue weighted by Gasteiger charge is 2.13. The van der Waals surface area contributed by atoms with Crippen LogP contribution in [0, 0.1) is 5.82 Å². The number of methoxy groups -OCH3 is 1. The van der Waals surface area contributed by atoms with Gasteiger partial charge in [0.15, 0.2) is 11.6 Å². The lowest BCUT2D eigenvalue weighted by molar-refractivity contribution is -0.0520. The van der Waals surface area contributed by atoms with Crippen molar-refractivity contribution in [2.24, 2.45) is 0 Å². The molecule has 2 nitrogen and oxygen atoms in total. The second-order valence-corrected chi connectivity index (χ2v) is 4.92. The third-order valence-electron chi connectivity index (χ3n) is 3.56. The van der Waals surface area contributed by atoms with Crippen LogP contribution in [0.1, 0.15) is 0 Å². The van der Waals surface area contributed by atoms with E-state index in [-0.39, 0.29) is 5.39 Å². The van der Waals surface area contributed by atoms with Gasteiger partial charge < -0.3 is 9.47 Å². The molecule has 0 radical (unpaired) electrons. The molecule has 0 fully saturated rings. The molecule has 0 aliphatic carbocycles. The molecule has 0 amide bonds. The third kappa shape index (κ3) is 3.08. The van der Waals surface area contributed by atoms with Crippen LogP contribution in [0.4, 0.5) is 13.2 Å². The fourth-order valence-electron chi connectivity index (χ4n) is 2.42. The van der Waals surface area contributed by atoms with Crippen molar-refractivity contribution in [1.29, 1.82) is 0 Å². The van der Waals surface area contributed by atoms with Crippen molar-refractivity contribution in [2.75, 3.05) is 7.11 Å². The molecule has 0 spiro atoms. The molecule has 118 valence electrons. The fourth-order valence-corrected chi connectivity index (χ4v) is 2.42. The van der Waals surface area contributed by atoms with Crippen LogP contribution in [0.15, 0.2) is 54.6 Å². The molecule has 0 aliphatic rings. The van der Waals surface area contributed by atoms with Crippen LogP contribution in [0.25, 0.3) is 21.9 Å². The topological polar surface area (TPSA) is 18.5 Å². The molecule has 0 saturated carbocycles. The van der Waals surface area contributed by atoms with E-state index in [4.69, 9.17) is 4.74 Å². The van der Waals surface area contributed by atoms with Gasteiger partial charge in [-0.15, -0.1) is 0 Å². The van der Waals surface area contributed by atoms with E-state index in [2.05, 4.69) is 4.74 Å². The second-order valence-electron chi connectivity index (χ2n) is 4.92. The Hall–Kier alpha value is -2.69. The van der Waals surface area contributed by atoms with E-state index in [0.29, 0.717) is 5.39 Å². The van der Waals surface area contributed by atoms with Crippen molar-refractivity contribution in [3.63, 3.8) is 0 Å². The first-order valence-electron chi connectivity index (χ1n) is 6.90. The van der Waals surface area contributed by atoms with E-state index in [9.17, 15) is 13.2 Å². The maximum Gasteiger partial charge on any atom is 0.387 e. The Morgan fingerprint density at radius 1 is 0.870 bits per heavy atom. The summed E-state index contributed by atoms with van der Waals surface area (Å²) in [6.45, 7) is -3.06. The molecular weight excluding hydrogens is 305 g/mol. The Bertz CT molecular complexity index is 830. The first-order chi connectivity index (χ1) is 11.1. The minimum atomic E-state index is -3.06. The zero-order valence-corrected chi connectivity index (χ0v) is 12.2. The summed E-state index contributed by atoms with van der Waals surface area (Å²) in [6, 6.07) is 15.3. The van der Waals surface area contributed by atoms with Crippen LogP contribution in [-0.2, 0) is 0 Å². The first-order valence-corrected chi connectivity index (χ1v) is 6.90. The van der Waals surface area contributed by atoms with Crippen LogP contribution in [-0.4, -0.2) is 13.7 Å². The van der Waals surface area contributed by atoms with Gasteiger partial charge in [0.05, 0.1) is 7.11 Å². The molecule has 0 unspecified atom stereocenters. The highest BCUT2D eigenvalue weighted by atomic mass is 19.3. The Labute approximate surface area is 131 Å². The van der Waals surface area contributed by atoms with Crippen LogP contribution in [0.3, 0.4) is 0 Å². The van der Waals surface area contributed by atoms with E-state index >= 15 is 0 Å². The molecule has 23 heavy (non-hydrogen) atoms. The Balaban J connectivity index is 2.02. The zero-order chi connectivity index (χ0) is 16.4. The summed E-state index contributed by atoms with van der Waals surface area (Å²) in [5.74, 6) is -0.497. The summed E-state index contributed by atoms with van der Waals surface area (Å²) in [5.41, 5.74) is 1.84. The van der Waals surface area contributed by atoms with Gasteiger partial charge in [0.25, 0.3) is 0 Å². The van der Waals surface area contributed by atoms with Gasteiger partial charge in [0, 0.05) is 5.39 Å². The monoisotopic (exact) mass is 318 g/mol. The smallest absolute Gasteiger partial charge is 0.387 e. The molecular formula is C18H13F3O2. The highest BCUT2D eigenvalue weighted by molar-refractivity contribution is 5.89. The lowest BCUT2D eigenvalue weighted by atomic mass is 10.0. The maximum atomic E-state index is 14.2. The van der Waals surface area contributed by atoms with Gasteiger partial charge >= 0.3 is 6.61 Å². The number of fused-ring (bicyclic) bond motifs is 1. The summed E-state index contributed by atoms with van der Waals surface area (Å²) in [6.07, 6.45) is 0. The summed E-state index contributed by atoms with van der Waals surface area (Å²) >= 11 is 0. The van der Waals surface area contributed by atoms with Gasteiger partial charge in [-0.1, -0.05) is 30.3 Å². The maximum absolute atomic E-state index is 14.2. The second kappa shape index (κ2) is 6.20. The van der Waals surface area contributed by atoms with Crippen molar-refractivity contribution in [3.8, 4) is 22.6 Å². The lowest BCUT2D eigenvalue weighted by Gasteiger charge is -2.09. The molecule has 5 heteroatoms. The lowest BCUT2D eigenvalue weighted by Crippen LogP contribution is -2.03. The molecule has 0 heterocycles. The van der Waals surface area contributed by atoms with Crippen molar-refractivity contribution >= 4 is 10.8 Å². The Morgan fingerprint density at radius 2 is 1.57 bits per heavy atom. The van der Waals surface area contributed by atoms with Gasteiger partial charge in [0.2, 0.25) is 0 Å². The average Bonchev–Trinajstić information content (AvgIpc) is 2.57. The van der Waals surface area contributed by atoms with Crippen molar-refractivity contribution in [2.45, 2.75) is 6.61 Å². The molecule has 0 aliphatic heterocycles. The van der Waals surface area contributed by atoms with Crippen LogP contribution in [0.5, 0.6) is 11.5 Å². The molecule has 3 aromatic rings. The number of hydrogen-bond donors (Lipinski definition) is 0. The predicted molar refractivity (Wildman–Crippen MR) is 82.5 cm³/mol. The van der Waals surface area contributed by atoms with E-state index in [1.165, 1.54) is 6.07 Å². The standard InChI is InChI=1S/C18H13F3O2/c1-22-14-6-2-11(3-7-14)12-4-8-15-13(10-12)5-9-16(17(15)19)23-18(20)21/h2-10,18H,1H3. The van der Waals surface area contributed by atoms with Crippen LogP contribution >= 0.6 is 0 Å². The van der Waals surface area contributed by atoms with Gasteiger partial charge in [-0.25, -0.2) is 4.39 Å². The SMILES string of the molecule is COc1ccc(-c2ccc3c(F)c(OC(F)F)ccc3c2)cc1. The quantitative estimate of drug-likeness (QED) is 0.653. The molecule has 0 N–H and O–H groups in total. The first kappa shape index (κ1) is 15.2. The molecule has 3 rings (SSSR count). The van der Waals surface area contributed by atoms with Crippen LogP contribution in [0.2, 0.25) is 0 Å². The third-order valence-corrected chi connectivity index (χ3v) is 3.56. The van der Waals surface area contributed by atoms with Gasteiger partial charge in [0.1, 0.15) is 5.75 Å². The largest absolute Gasteiger partial charge is 0.497 e. The van der Waals surface area contributed by atoms with Crippen molar-refractivity contribution in [1.82, 2.24) is 0 Å². The number of halogens is 3. The number of rotatable bonds is 4. The summed E-state index contributed by atoms with van der Waals surface area (Å²) < 4.78 is 48.0. The molecule has 0 atom stereocenters. The van der Waals surface area contributed by atoms with E-state index in [1.807, 2.05) is 24.3 Å². The van der Waals surface area contributed by atoms with Gasteiger partial charge in [-0.05, 0) is 40.8 Å². The van der Waals surface area contributed by atoms with Crippen molar-refractivity contribution in [3.05, 3.63) is 60.4 Å². The normalized spacial score (nSPS) is 11.0. The Morgan fingerprint density at radius 3 is 2.22 bits per heavy atom. The van der Waals surface area contributed by atoms with E-state index < -0.39 is 18.2 Å². The summed E-state index contributed by atoms with van der Waals surface area (Å²) in [4.78, 5) is 0. The number of benzene rings is 3. The summed E-state index contributed by atoms with van der Waals surface area (Å²) in [7, 11) is 1.59. The Kier molecular flexibility index (Phi) is 4.10. The molecule has 0 bridgehead atoms. The average molecular weight is 318 g/mol. The molecule has 0 aromatic heterocycles. The van der Waals surface area contributed by atoms with Crippen LogP contribution < -0.4 is 9.47 Å². The minimum absolute atomic E-state index is 0.236. The molecule has 3 aromatic carbocycles. The predicted octanol–water partition coefficient (Wildman–Crippen LogP) is 5.26. The van der Waals surface area contributed by atoms with E-state index in [1.54, 1.807) is 31.4 Å². The number of ether oxygens (including phenoxy) is 2.